The average Bonchev–Trinajstić information content (AvgIpc) is 2.40. The summed E-state index contributed by atoms with van der Waals surface area (Å²) in [7, 11) is 0. The van der Waals surface area contributed by atoms with E-state index in [9.17, 15) is 22.4 Å². The Bertz CT molecular complexity index is 513. The van der Waals surface area contributed by atoms with Gasteiger partial charge in [0.2, 0.25) is 0 Å². The first-order valence-corrected chi connectivity index (χ1v) is 6.34. The Morgan fingerprint density at radius 3 is 2.50 bits per heavy atom. The molecule has 1 aliphatic rings. The Morgan fingerprint density at radius 1 is 1.35 bits per heavy atom. The highest BCUT2D eigenvalue weighted by Gasteiger charge is 2.41. The summed E-state index contributed by atoms with van der Waals surface area (Å²) in [5.41, 5.74) is -0.128. The summed E-state index contributed by atoms with van der Waals surface area (Å²) in [4.78, 5) is 16.8. The molecule has 3 nitrogen and oxygen atoms in total. The number of halogens is 5. The van der Waals surface area contributed by atoms with E-state index in [0.29, 0.717) is 0 Å². The first-order chi connectivity index (χ1) is 9.29. The molecule has 1 saturated heterocycles. The van der Waals surface area contributed by atoms with Crippen molar-refractivity contribution < 1.29 is 22.4 Å². The smallest absolute Gasteiger partial charge is 0.339 e. The van der Waals surface area contributed by atoms with Crippen LogP contribution in [0.3, 0.4) is 0 Å². The van der Waals surface area contributed by atoms with Gasteiger partial charge in [0.25, 0.3) is 5.91 Å². The van der Waals surface area contributed by atoms with Crippen LogP contribution in [0, 0.1) is 11.7 Å². The maximum absolute atomic E-state index is 13.1. The van der Waals surface area contributed by atoms with Gasteiger partial charge < -0.3 is 4.90 Å². The lowest BCUT2D eigenvalue weighted by atomic mass is 9.96. The fraction of sp³-hybridized carbons (Fsp3) is 0.500. The Kier molecular flexibility index (Phi) is 4.17. The predicted octanol–water partition coefficient (Wildman–Crippen LogP) is 3.29. The normalized spacial score (nSPS) is 17.4. The summed E-state index contributed by atoms with van der Waals surface area (Å²) in [5, 5.41) is -0.158. The van der Waals surface area contributed by atoms with Gasteiger partial charge in [-0.3, -0.25) is 4.79 Å². The Balaban J connectivity index is 2.07. The van der Waals surface area contributed by atoms with Crippen LogP contribution in [0.5, 0.6) is 0 Å². The highest BCUT2D eigenvalue weighted by molar-refractivity contribution is 6.32. The molecule has 110 valence electrons. The van der Waals surface area contributed by atoms with Crippen LogP contribution >= 0.6 is 11.6 Å². The molecule has 20 heavy (non-hydrogen) atoms. The third-order valence-corrected chi connectivity index (χ3v) is 3.58. The summed E-state index contributed by atoms with van der Waals surface area (Å²) >= 11 is 5.71. The van der Waals surface area contributed by atoms with Crippen LogP contribution in [0.25, 0.3) is 0 Å². The summed E-state index contributed by atoms with van der Waals surface area (Å²) in [6.45, 7) is -0.0638. The molecule has 1 fully saturated rings. The van der Waals surface area contributed by atoms with Gasteiger partial charge in [-0.05, 0) is 18.9 Å². The Labute approximate surface area is 117 Å². The molecule has 0 N–H and O–H groups in total. The van der Waals surface area contributed by atoms with Gasteiger partial charge in [0.1, 0.15) is 11.0 Å². The lowest BCUT2D eigenvalue weighted by molar-refractivity contribution is -0.183. The van der Waals surface area contributed by atoms with E-state index < -0.39 is 23.8 Å². The first-order valence-electron chi connectivity index (χ1n) is 5.96. The molecule has 0 spiro atoms. The SMILES string of the molecule is O=C(c1cc(F)cnc1Cl)N1CCC(C(F)(F)F)CC1. The molecule has 2 heterocycles. The molecule has 0 radical (unpaired) electrons. The lowest BCUT2D eigenvalue weighted by Gasteiger charge is -2.33. The van der Waals surface area contributed by atoms with Crippen molar-refractivity contribution in [3.05, 3.63) is 28.8 Å². The van der Waals surface area contributed by atoms with Crippen LogP contribution in [-0.2, 0) is 0 Å². The van der Waals surface area contributed by atoms with E-state index in [-0.39, 0.29) is 36.6 Å². The van der Waals surface area contributed by atoms with E-state index in [0.717, 1.165) is 12.3 Å². The molecule has 0 saturated carbocycles. The van der Waals surface area contributed by atoms with Crippen LogP contribution in [0.4, 0.5) is 17.6 Å². The van der Waals surface area contributed by atoms with E-state index in [4.69, 9.17) is 11.6 Å². The van der Waals surface area contributed by atoms with Crippen molar-refractivity contribution in [3.63, 3.8) is 0 Å². The second kappa shape index (κ2) is 5.55. The van der Waals surface area contributed by atoms with E-state index in [2.05, 4.69) is 4.98 Å². The van der Waals surface area contributed by atoms with Crippen LogP contribution in [0.1, 0.15) is 23.2 Å². The minimum absolute atomic E-state index is 0.0319. The van der Waals surface area contributed by atoms with Crippen molar-refractivity contribution in [1.82, 2.24) is 9.88 Å². The average molecular weight is 311 g/mol. The standard InChI is InChI=1S/C12H11ClF4N2O/c13-10-9(5-8(14)6-18-10)11(20)19-3-1-7(2-4-19)12(15,16)17/h5-7H,1-4H2. The van der Waals surface area contributed by atoms with Gasteiger partial charge in [-0.1, -0.05) is 11.6 Å². The number of rotatable bonds is 1. The second-order valence-electron chi connectivity index (χ2n) is 4.60. The fourth-order valence-corrected chi connectivity index (χ4v) is 2.34. The fourth-order valence-electron chi connectivity index (χ4n) is 2.15. The second-order valence-corrected chi connectivity index (χ2v) is 4.96. The molecule has 2 rings (SSSR count). The van der Waals surface area contributed by atoms with Crippen LogP contribution in [0.2, 0.25) is 5.15 Å². The highest BCUT2D eigenvalue weighted by atomic mass is 35.5. The van der Waals surface area contributed by atoms with E-state index in [1.165, 1.54) is 4.90 Å². The zero-order valence-electron chi connectivity index (χ0n) is 10.3. The number of carbonyl (C=O) groups excluding carboxylic acids is 1. The molecule has 1 amide bonds. The molecule has 1 aliphatic heterocycles. The van der Waals surface area contributed by atoms with Crippen molar-refractivity contribution in [3.8, 4) is 0 Å². The van der Waals surface area contributed by atoms with Crippen LogP contribution in [0.15, 0.2) is 12.3 Å². The number of hydrogen-bond acceptors (Lipinski definition) is 2. The molecule has 1 aromatic rings. The predicted molar refractivity (Wildman–Crippen MR) is 63.9 cm³/mol. The zero-order chi connectivity index (χ0) is 14.9. The molecule has 8 heteroatoms. The number of carbonyl (C=O) groups is 1. The summed E-state index contributed by atoms with van der Waals surface area (Å²) in [6.07, 6.45) is -3.69. The maximum atomic E-state index is 13.1. The number of piperidine rings is 1. The van der Waals surface area contributed by atoms with Gasteiger partial charge in [-0.25, -0.2) is 9.37 Å². The first kappa shape index (κ1) is 15.0. The molecule has 0 aliphatic carbocycles. The van der Waals surface area contributed by atoms with Gasteiger partial charge >= 0.3 is 6.18 Å². The van der Waals surface area contributed by atoms with E-state index in [1.54, 1.807) is 0 Å². The monoisotopic (exact) mass is 310 g/mol. The topological polar surface area (TPSA) is 33.2 Å². The number of aromatic nitrogens is 1. The number of likely N-dealkylation sites (tertiary alicyclic amines) is 1. The Morgan fingerprint density at radius 2 is 1.95 bits per heavy atom. The number of hydrogen-bond donors (Lipinski definition) is 0. The van der Waals surface area contributed by atoms with Crippen LogP contribution in [-0.4, -0.2) is 35.1 Å². The molecule has 0 unspecified atom stereocenters. The van der Waals surface area contributed by atoms with Crippen molar-refractivity contribution in [2.75, 3.05) is 13.1 Å². The van der Waals surface area contributed by atoms with Gasteiger partial charge in [-0.2, -0.15) is 13.2 Å². The van der Waals surface area contributed by atoms with Gasteiger partial charge in [0.15, 0.2) is 0 Å². The van der Waals surface area contributed by atoms with Gasteiger partial charge in [-0.15, -0.1) is 0 Å². The highest BCUT2D eigenvalue weighted by Crippen LogP contribution is 2.34. The largest absolute Gasteiger partial charge is 0.391 e. The molecule has 0 atom stereocenters. The quantitative estimate of drug-likeness (QED) is 0.589. The van der Waals surface area contributed by atoms with E-state index in [1.807, 2.05) is 0 Å². The van der Waals surface area contributed by atoms with Gasteiger partial charge in [0.05, 0.1) is 17.7 Å². The molecule has 0 aromatic carbocycles. The summed E-state index contributed by atoms with van der Waals surface area (Å²) < 4.78 is 50.6. The molecule has 0 bridgehead atoms. The summed E-state index contributed by atoms with van der Waals surface area (Å²) in [5.74, 6) is -2.71. The molecular formula is C12H11ClF4N2O. The molecule has 1 aromatic heterocycles. The third-order valence-electron chi connectivity index (χ3n) is 3.28. The maximum Gasteiger partial charge on any atom is 0.391 e. The van der Waals surface area contributed by atoms with Gasteiger partial charge in [0, 0.05) is 13.1 Å². The Hall–Kier alpha value is -1.37. The van der Waals surface area contributed by atoms with Crippen molar-refractivity contribution in [1.29, 1.82) is 0 Å². The summed E-state index contributed by atoms with van der Waals surface area (Å²) in [6, 6.07) is 0.938. The van der Waals surface area contributed by atoms with Crippen molar-refractivity contribution in [2.24, 2.45) is 5.92 Å². The van der Waals surface area contributed by atoms with Crippen molar-refractivity contribution >= 4 is 17.5 Å². The minimum Gasteiger partial charge on any atom is -0.339 e. The molecular weight excluding hydrogens is 300 g/mol. The zero-order valence-corrected chi connectivity index (χ0v) is 11.0. The number of nitrogens with zero attached hydrogens (tertiary/aromatic N) is 2. The third kappa shape index (κ3) is 3.20. The van der Waals surface area contributed by atoms with E-state index >= 15 is 0 Å². The number of alkyl halides is 3. The number of pyridine rings is 1. The van der Waals surface area contributed by atoms with Crippen molar-refractivity contribution in [2.45, 2.75) is 19.0 Å². The van der Waals surface area contributed by atoms with Crippen LogP contribution < -0.4 is 0 Å². The minimum atomic E-state index is -4.24. The lowest BCUT2D eigenvalue weighted by Crippen LogP contribution is -2.42. The number of amides is 1.